The van der Waals surface area contributed by atoms with E-state index in [1.807, 2.05) is 51.1 Å². The van der Waals surface area contributed by atoms with E-state index in [-0.39, 0.29) is 35.6 Å². The van der Waals surface area contributed by atoms with E-state index in [2.05, 4.69) is 10.0 Å². The van der Waals surface area contributed by atoms with Gasteiger partial charge in [-0.05, 0) is 86.7 Å². The number of nitrogens with zero attached hydrogens (tertiary/aromatic N) is 1. The van der Waals surface area contributed by atoms with Crippen molar-refractivity contribution in [1.82, 2.24) is 4.31 Å². The molecule has 8 nitrogen and oxygen atoms in total. The van der Waals surface area contributed by atoms with Crippen LogP contribution in [0.5, 0.6) is 0 Å². The summed E-state index contributed by atoms with van der Waals surface area (Å²) in [4.78, 5) is 12.9. The van der Waals surface area contributed by atoms with Crippen LogP contribution in [-0.4, -0.2) is 40.1 Å². The van der Waals surface area contributed by atoms with Crippen molar-refractivity contribution in [1.29, 1.82) is 0 Å². The smallest absolute Gasteiger partial charge is 0.261 e. The van der Waals surface area contributed by atoms with E-state index in [4.69, 9.17) is 0 Å². The zero-order valence-corrected chi connectivity index (χ0v) is 23.4. The molecule has 2 N–H and O–H groups in total. The van der Waals surface area contributed by atoms with Crippen molar-refractivity contribution in [2.24, 2.45) is 5.92 Å². The third kappa shape index (κ3) is 6.80. The van der Waals surface area contributed by atoms with Gasteiger partial charge in [-0.2, -0.15) is 0 Å². The van der Waals surface area contributed by atoms with Gasteiger partial charge in [0.25, 0.3) is 10.0 Å². The van der Waals surface area contributed by atoms with Crippen LogP contribution in [0, 0.1) is 26.7 Å². The van der Waals surface area contributed by atoms with Crippen molar-refractivity contribution < 1.29 is 21.6 Å². The summed E-state index contributed by atoms with van der Waals surface area (Å²) >= 11 is 0. The monoisotopic (exact) mass is 555 g/mol. The summed E-state index contributed by atoms with van der Waals surface area (Å²) in [5.74, 6) is -0.585. The molecule has 0 aromatic heterocycles. The van der Waals surface area contributed by atoms with E-state index < -0.39 is 20.0 Å². The lowest BCUT2D eigenvalue weighted by molar-refractivity contribution is -0.120. The van der Waals surface area contributed by atoms with E-state index in [1.165, 1.54) is 16.4 Å². The summed E-state index contributed by atoms with van der Waals surface area (Å²) in [5.41, 5.74) is 4.83. The predicted molar refractivity (Wildman–Crippen MR) is 150 cm³/mol. The molecule has 1 fully saturated rings. The topological polar surface area (TPSA) is 113 Å². The Labute approximate surface area is 225 Å². The first-order chi connectivity index (χ1) is 17.9. The van der Waals surface area contributed by atoms with Crippen LogP contribution in [0.2, 0.25) is 0 Å². The molecule has 10 heteroatoms. The molecule has 0 atom stereocenters. The molecule has 3 aromatic rings. The van der Waals surface area contributed by atoms with Gasteiger partial charge in [-0.25, -0.2) is 21.1 Å². The number of benzene rings is 3. The van der Waals surface area contributed by atoms with Gasteiger partial charge >= 0.3 is 0 Å². The number of piperidine rings is 1. The Kier molecular flexibility index (Phi) is 8.25. The average Bonchev–Trinajstić information content (AvgIpc) is 2.88. The zero-order valence-electron chi connectivity index (χ0n) is 21.8. The Hall–Kier alpha value is -3.21. The van der Waals surface area contributed by atoms with E-state index >= 15 is 0 Å². The lowest BCUT2D eigenvalue weighted by Gasteiger charge is -2.30. The molecular weight excluding hydrogens is 522 g/mol. The fourth-order valence-corrected chi connectivity index (χ4v) is 6.98. The highest BCUT2D eigenvalue weighted by Gasteiger charge is 2.31. The molecule has 1 saturated heterocycles. The van der Waals surface area contributed by atoms with Crippen LogP contribution in [-0.2, 0) is 30.6 Å². The molecule has 1 amide bonds. The van der Waals surface area contributed by atoms with Gasteiger partial charge in [0.05, 0.1) is 10.6 Å². The molecule has 0 bridgehead atoms. The number of rotatable bonds is 8. The maximum absolute atomic E-state index is 12.8. The van der Waals surface area contributed by atoms with Crippen molar-refractivity contribution in [3.63, 3.8) is 0 Å². The number of sulfonamides is 2. The SMILES string of the molecule is Cc1ccc(CS(=O)(=O)N2CCC(C(=O)Nc3ccc(S(=O)(=O)Nc4ccc(C)c(C)c4)cc3)CC2)cc1. The maximum Gasteiger partial charge on any atom is 0.261 e. The van der Waals surface area contributed by atoms with Crippen LogP contribution < -0.4 is 10.0 Å². The van der Waals surface area contributed by atoms with Crippen LogP contribution in [0.25, 0.3) is 0 Å². The van der Waals surface area contributed by atoms with Gasteiger partial charge in [0.15, 0.2) is 0 Å². The lowest BCUT2D eigenvalue weighted by Crippen LogP contribution is -2.41. The predicted octanol–water partition coefficient (Wildman–Crippen LogP) is 4.59. The van der Waals surface area contributed by atoms with E-state index in [0.717, 1.165) is 22.3 Å². The minimum absolute atomic E-state index is 0.0578. The molecule has 4 rings (SSSR count). The van der Waals surface area contributed by atoms with E-state index in [1.54, 1.807) is 24.3 Å². The molecule has 1 heterocycles. The fraction of sp³-hybridized carbons (Fsp3) is 0.321. The molecule has 0 radical (unpaired) electrons. The highest BCUT2D eigenvalue weighted by atomic mass is 32.2. The van der Waals surface area contributed by atoms with Gasteiger partial charge in [-0.15, -0.1) is 0 Å². The molecule has 0 saturated carbocycles. The van der Waals surface area contributed by atoms with Gasteiger partial charge < -0.3 is 5.32 Å². The molecule has 0 aliphatic carbocycles. The summed E-state index contributed by atoms with van der Waals surface area (Å²) in [7, 11) is -7.24. The summed E-state index contributed by atoms with van der Waals surface area (Å²) in [6.45, 7) is 6.40. The third-order valence-corrected chi connectivity index (χ3v) is 10.1. The number of aryl methyl sites for hydroxylation is 3. The first-order valence-corrected chi connectivity index (χ1v) is 15.6. The number of hydrogen-bond acceptors (Lipinski definition) is 5. The van der Waals surface area contributed by atoms with Crippen molar-refractivity contribution in [3.8, 4) is 0 Å². The highest BCUT2D eigenvalue weighted by Crippen LogP contribution is 2.24. The molecule has 0 spiro atoms. The number of nitrogens with one attached hydrogen (secondary N) is 2. The average molecular weight is 556 g/mol. The number of anilines is 2. The van der Waals surface area contributed by atoms with Crippen molar-refractivity contribution >= 4 is 37.3 Å². The Balaban J connectivity index is 1.31. The Morgan fingerprint density at radius 3 is 2.03 bits per heavy atom. The standard InChI is InChI=1S/C28H33N3O5S2/c1-20-4-7-23(8-5-20)19-37(33,34)31-16-14-24(15-17-31)28(32)29-25-10-12-27(13-11-25)38(35,36)30-26-9-6-21(2)22(3)18-26/h4-13,18,24,30H,14-17,19H2,1-3H3,(H,29,32). The van der Waals surface area contributed by atoms with Crippen molar-refractivity contribution in [2.45, 2.75) is 44.3 Å². The number of hydrogen-bond donors (Lipinski definition) is 2. The molecule has 1 aliphatic rings. The van der Waals surface area contributed by atoms with Gasteiger partial charge in [-0.1, -0.05) is 35.9 Å². The Morgan fingerprint density at radius 2 is 1.42 bits per heavy atom. The largest absolute Gasteiger partial charge is 0.326 e. The zero-order chi connectivity index (χ0) is 27.5. The van der Waals surface area contributed by atoms with E-state index in [0.29, 0.717) is 24.2 Å². The lowest BCUT2D eigenvalue weighted by atomic mass is 9.97. The molecule has 202 valence electrons. The molecule has 0 unspecified atom stereocenters. The van der Waals surface area contributed by atoms with Gasteiger partial charge in [0.1, 0.15) is 0 Å². The van der Waals surface area contributed by atoms with E-state index in [9.17, 15) is 21.6 Å². The Bertz CT molecular complexity index is 1510. The van der Waals surface area contributed by atoms with Gasteiger partial charge in [0, 0.05) is 30.4 Å². The summed E-state index contributed by atoms with van der Waals surface area (Å²) in [5, 5.41) is 2.83. The van der Waals surface area contributed by atoms with Gasteiger partial charge in [-0.3, -0.25) is 9.52 Å². The molecule has 1 aliphatic heterocycles. The number of amides is 1. The van der Waals surface area contributed by atoms with Crippen LogP contribution in [0.15, 0.2) is 71.6 Å². The van der Waals surface area contributed by atoms with Crippen molar-refractivity contribution in [3.05, 3.63) is 89.0 Å². The minimum atomic E-state index is -3.78. The highest BCUT2D eigenvalue weighted by molar-refractivity contribution is 7.92. The molecule has 38 heavy (non-hydrogen) atoms. The number of carbonyl (C=O) groups is 1. The molecular formula is C28H33N3O5S2. The number of carbonyl (C=O) groups excluding carboxylic acids is 1. The molecule has 3 aromatic carbocycles. The summed E-state index contributed by atoms with van der Waals surface area (Å²) in [6.07, 6.45) is 0.844. The van der Waals surface area contributed by atoms with Gasteiger partial charge in [0.2, 0.25) is 15.9 Å². The van der Waals surface area contributed by atoms with Crippen LogP contribution in [0.1, 0.15) is 35.1 Å². The quantitative estimate of drug-likeness (QED) is 0.422. The fourth-order valence-electron chi connectivity index (χ4n) is 4.36. The minimum Gasteiger partial charge on any atom is -0.326 e. The summed E-state index contributed by atoms with van der Waals surface area (Å²) < 4.78 is 55.3. The van der Waals surface area contributed by atoms with Crippen LogP contribution in [0.3, 0.4) is 0 Å². The van der Waals surface area contributed by atoms with Crippen molar-refractivity contribution in [2.75, 3.05) is 23.1 Å². The van der Waals surface area contributed by atoms with Crippen LogP contribution >= 0.6 is 0 Å². The summed E-state index contributed by atoms with van der Waals surface area (Å²) in [6, 6.07) is 18.8. The first-order valence-electron chi connectivity index (χ1n) is 12.5. The second kappa shape index (κ2) is 11.3. The first kappa shape index (κ1) is 27.8. The Morgan fingerprint density at radius 1 is 0.816 bits per heavy atom. The second-order valence-electron chi connectivity index (χ2n) is 9.83. The second-order valence-corrected chi connectivity index (χ2v) is 13.5. The third-order valence-electron chi connectivity index (χ3n) is 6.88. The normalized spacial score (nSPS) is 15.2. The maximum atomic E-state index is 12.8. The van der Waals surface area contributed by atoms with Crippen LogP contribution in [0.4, 0.5) is 11.4 Å².